The molecule has 2 heterocycles. The molecule has 4 rings (SSSR count). The first-order valence-electron chi connectivity index (χ1n) is 9.76. The second-order valence-electron chi connectivity index (χ2n) is 7.26. The number of carbonyl (C=O) groups is 1. The number of carbonyl (C=O) groups excluding carboxylic acids is 1. The van der Waals surface area contributed by atoms with Gasteiger partial charge in [-0.3, -0.25) is 10.0 Å². The third-order valence-corrected chi connectivity index (χ3v) is 5.30. The molecule has 5 heteroatoms. The van der Waals surface area contributed by atoms with Gasteiger partial charge in [-0.05, 0) is 66.8 Å². The van der Waals surface area contributed by atoms with Crippen LogP contribution in [-0.4, -0.2) is 22.2 Å². The van der Waals surface area contributed by atoms with E-state index in [9.17, 15) is 4.79 Å². The minimum atomic E-state index is -0.533. The Labute approximate surface area is 164 Å². The van der Waals surface area contributed by atoms with Gasteiger partial charge in [-0.1, -0.05) is 30.3 Å². The van der Waals surface area contributed by atoms with Crippen molar-refractivity contribution in [1.29, 1.82) is 0 Å². The molecule has 1 aliphatic heterocycles. The van der Waals surface area contributed by atoms with Crippen LogP contribution in [0.25, 0.3) is 17.0 Å². The lowest BCUT2D eigenvalue weighted by Crippen LogP contribution is -2.16. The number of rotatable bonds is 7. The van der Waals surface area contributed by atoms with Crippen LogP contribution in [0.3, 0.4) is 0 Å². The smallest absolute Gasteiger partial charge is 0.267 e. The summed E-state index contributed by atoms with van der Waals surface area (Å²) in [4.78, 5) is 11.0. The Kier molecular flexibility index (Phi) is 5.55. The van der Waals surface area contributed by atoms with Crippen LogP contribution in [0.4, 0.5) is 0 Å². The first-order chi connectivity index (χ1) is 13.7. The summed E-state index contributed by atoms with van der Waals surface area (Å²) < 4.78 is 2.45. The Morgan fingerprint density at radius 2 is 1.93 bits per heavy atom. The van der Waals surface area contributed by atoms with Crippen molar-refractivity contribution in [1.82, 2.24) is 15.4 Å². The fourth-order valence-electron chi connectivity index (χ4n) is 3.84. The fraction of sp³-hybridized carbons (Fsp3) is 0.261. The van der Waals surface area contributed by atoms with Gasteiger partial charge in [0.1, 0.15) is 0 Å². The van der Waals surface area contributed by atoms with Gasteiger partial charge < -0.3 is 9.88 Å². The third kappa shape index (κ3) is 4.16. The molecule has 144 valence electrons. The third-order valence-electron chi connectivity index (χ3n) is 5.30. The van der Waals surface area contributed by atoms with E-state index in [4.69, 9.17) is 5.21 Å². The standard InChI is InChI=1S/C23H25N3O2/c27-23(25-28)10-8-17-3-5-19(6-4-17)16-24-12-11-18-7-9-22-20(14-18)15-21-2-1-13-26(21)22/h3-10,14-15,24,28H,1-2,11-13,16H2,(H,25,27)/b10-8+. The molecule has 1 aliphatic rings. The van der Waals surface area contributed by atoms with Gasteiger partial charge in [0.2, 0.25) is 0 Å². The van der Waals surface area contributed by atoms with Crippen LogP contribution in [0.1, 0.15) is 28.8 Å². The monoisotopic (exact) mass is 375 g/mol. The molecule has 1 amide bonds. The van der Waals surface area contributed by atoms with Crippen LogP contribution >= 0.6 is 0 Å². The van der Waals surface area contributed by atoms with E-state index in [1.54, 1.807) is 11.6 Å². The van der Waals surface area contributed by atoms with Crippen LogP contribution < -0.4 is 10.8 Å². The Hall–Kier alpha value is -2.89. The molecule has 0 atom stereocenters. The second-order valence-corrected chi connectivity index (χ2v) is 7.26. The van der Waals surface area contributed by atoms with Gasteiger partial charge in [0.15, 0.2) is 0 Å². The van der Waals surface area contributed by atoms with Gasteiger partial charge in [0.05, 0.1) is 0 Å². The van der Waals surface area contributed by atoms with E-state index in [-0.39, 0.29) is 0 Å². The molecule has 0 unspecified atom stereocenters. The second kappa shape index (κ2) is 8.42. The molecule has 3 N–H and O–H groups in total. The van der Waals surface area contributed by atoms with Gasteiger partial charge in [0.25, 0.3) is 5.91 Å². The number of hydroxylamine groups is 1. The minimum Gasteiger partial charge on any atom is -0.345 e. The zero-order chi connectivity index (χ0) is 19.3. The molecule has 0 spiro atoms. The number of nitrogens with zero attached hydrogens (tertiary/aromatic N) is 1. The van der Waals surface area contributed by atoms with E-state index < -0.39 is 5.91 Å². The number of benzene rings is 2. The number of aryl methyl sites for hydroxylation is 2. The number of hydrogen-bond acceptors (Lipinski definition) is 3. The lowest BCUT2D eigenvalue weighted by molar-refractivity contribution is -0.124. The van der Waals surface area contributed by atoms with Crippen molar-refractivity contribution in [3.8, 4) is 0 Å². The molecule has 0 fully saturated rings. The average molecular weight is 375 g/mol. The molecule has 5 nitrogen and oxygen atoms in total. The van der Waals surface area contributed by atoms with Gasteiger partial charge in [-0.2, -0.15) is 0 Å². The van der Waals surface area contributed by atoms with Crippen molar-refractivity contribution in [2.45, 2.75) is 32.4 Å². The summed E-state index contributed by atoms with van der Waals surface area (Å²) in [7, 11) is 0. The Morgan fingerprint density at radius 3 is 2.75 bits per heavy atom. The lowest BCUT2D eigenvalue weighted by Gasteiger charge is -2.07. The largest absolute Gasteiger partial charge is 0.345 e. The van der Waals surface area contributed by atoms with E-state index in [2.05, 4.69) is 34.1 Å². The average Bonchev–Trinajstić information content (AvgIpc) is 3.31. The molecule has 0 saturated carbocycles. The van der Waals surface area contributed by atoms with Crippen molar-refractivity contribution in [2.75, 3.05) is 6.54 Å². The molecule has 3 aromatic rings. The predicted molar refractivity (Wildman–Crippen MR) is 111 cm³/mol. The molecular formula is C23H25N3O2. The maximum absolute atomic E-state index is 11.0. The highest BCUT2D eigenvalue weighted by Gasteiger charge is 2.13. The summed E-state index contributed by atoms with van der Waals surface area (Å²) in [5.41, 5.74) is 7.90. The van der Waals surface area contributed by atoms with Gasteiger partial charge >= 0.3 is 0 Å². The van der Waals surface area contributed by atoms with Gasteiger partial charge in [-0.25, -0.2) is 5.48 Å². The molecule has 0 aliphatic carbocycles. The van der Waals surface area contributed by atoms with Gasteiger partial charge in [0, 0.05) is 35.8 Å². The highest BCUT2D eigenvalue weighted by Crippen LogP contribution is 2.26. The van der Waals surface area contributed by atoms with Crippen LogP contribution in [0.15, 0.2) is 54.6 Å². The summed E-state index contributed by atoms with van der Waals surface area (Å²) in [6, 6.07) is 17.2. The number of fused-ring (bicyclic) bond motifs is 3. The first-order valence-corrected chi connectivity index (χ1v) is 9.76. The molecule has 1 aromatic heterocycles. The number of amides is 1. The first kappa shape index (κ1) is 18.5. The Balaban J connectivity index is 1.27. The summed E-state index contributed by atoms with van der Waals surface area (Å²) in [6.07, 6.45) is 6.44. The number of hydrogen-bond donors (Lipinski definition) is 3. The number of aromatic nitrogens is 1. The Bertz CT molecular complexity index is 1000. The highest BCUT2D eigenvalue weighted by molar-refractivity contribution is 5.90. The molecule has 0 radical (unpaired) electrons. The maximum Gasteiger partial charge on any atom is 0.267 e. The quantitative estimate of drug-likeness (QED) is 0.256. The van der Waals surface area contributed by atoms with E-state index in [1.165, 1.54) is 46.6 Å². The van der Waals surface area contributed by atoms with Crippen LogP contribution in [0, 0.1) is 0 Å². The number of nitrogens with one attached hydrogen (secondary N) is 2. The van der Waals surface area contributed by atoms with Crippen molar-refractivity contribution < 1.29 is 10.0 Å². The van der Waals surface area contributed by atoms with Crippen LogP contribution in [-0.2, 0) is 30.7 Å². The molecule has 2 aromatic carbocycles. The van der Waals surface area contributed by atoms with E-state index in [0.29, 0.717) is 0 Å². The summed E-state index contributed by atoms with van der Waals surface area (Å²) in [5.74, 6) is -0.533. The van der Waals surface area contributed by atoms with Crippen molar-refractivity contribution in [3.05, 3.63) is 77.0 Å². The minimum absolute atomic E-state index is 0.533. The fourth-order valence-corrected chi connectivity index (χ4v) is 3.84. The van der Waals surface area contributed by atoms with Crippen molar-refractivity contribution >= 4 is 22.9 Å². The van der Waals surface area contributed by atoms with Crippen molar-refractivity contribution in [3.63, 3.8) is 0 Å². The van der Waals surface area contributed by atoms with Gasteiger partial charge in [-0.15, -0.1) is 0 Å². The molecule has 0 bridgehead atoms. The predicted octanol–water partition coefficient (Wildman–Crippen LogP) is 3.44. The highest BCUT2D eigenvalue weighted by atomic mass is 16.5. The normalized spacial score (nSPS) is 13.3. The summed E-state index contributed by atoms with van der Waals surface area (Å²) >= 11 is 0. The maximum atomic E-state index is 11.0. The summed E-state index contributed by atoms with van der Waals surface area (Å²) in [5, 5.41) is 13.3. The Morgan fingerprint density at radius 1 is 1.11 bits per heavy atom. The van der Waals surface area contributed by atoms with E-state index >= 15 is 0 Å². The lowest BCUT2D eigenvalue weighted by atomic mass is 10.1. The van der Waals surface area contributed by atoms with E-state index in [1.807, 2.05) is 24.3 Å². The molecular weight excluding hydrogens is 350 g/mol. The SMILES string of the molecule is O=C(/C=C/c1ccc(CNCCc2ccc3c(c2)cc2n3CCC2)cc1)NO. The zero-order valence-corrected chi connectivity index (χ0v) is 15.8. The van der Waals surface area contributed by atoms with Crippen molar-refractivity contribution in [2.24, 2.45) is 0 Å². The molecule has 0 saturated heterocycles. The summed E-state index contributed by atoms with van der Waals surface area (Å²) in [6.45, 7) is 2.89. The van der Waals surface area contributed by atoms with Crippen LogP contribution in [0.5, 0.6) is 0 Å². The van der Waals surface area contributed by atoms with E-state index in [0.717, 1.165) is 31.6 Å². The molecule has 28 heavy (non-hydrogen) atoms. The topological polar surface area (TPSA) is 66.3 Å². The van der Waals surface area contributed by atoms with Crippen LogP contribution in [0.2, 0.25) is 0 Å². The zero-order valence-electron chi connectivity index (χ0n) is 15.8.